The van der Waals surface area contributed by atoms with Gasteiger partial charge in [-0.2, -0.15) is 26.3 Å². The number of fused-ring (bicyclic) bond motifs is 2. The normalized spacial score (nSPS) is 11.8. The molecule has 296 valence electrons. The first-order chi connectivity index (χ1) is 25.9. The first-order valence-corrected chi connectivity index (χ1v) is 16.8. The number of imidazole rings is 2. The fourth-order valence-electron chi connectivity index (χ4n) is 5.32. The number of hydrogen-bond acceptors (Lipinski definition) is 6. The number of carbonyl (C=O) groups excluding carboxylic acids is 4. The zero-order valence-electron chi connectivity index (χ0n) is 29.6. The van der Waals surface area contributed by atoms with Crippen molar-refractivity contribution in [3.05, 3.63) is 84.6 Å². The molecule has 1 atom stereocenters. The second-order valence-electron chi connectivity index (χ2n) is 11.8. The van der Waals surface area contributed by atoms with Gasteiger partial charge in [-0.25, -0.2) is 24.3 Å². The number of aryl methyl sites for hydroxylation is 2. The maximum absolute atomic E-state index is 13.3. The van der Waals surface area contributed by atoms with Gasteiger partial charge in [0.1, 0.15) is 24.2 Å². The molecule has 2 heterocycles. The van der Waals surface area contributed by atoms with Crippen LogP contribution in [0.15, 0.2) is 72.9 Å². The first-order valence-electron chi connectivity index (χ1n) is 16.8. The topological polar surface area (TPSA) is 200 Å². The molecule has 19 heteroatoms. The lowest BCUT2D eigenvalue weighted by atomic mass is 10.1. The smallest absolute Gasteiger partial charge is 0.430 e. The van der Waals surface area contributed by atoms with Crippen molar-refractivity contribution < 1.29 is 65.3 Å². The van der Waals surface area contributed by atoms with Crippen molar-refractivity contribution in [3.8, 4) is 11.3 Å². The zero-order valence-corrected chi connectivity index (χ0v) is 29.6. The number of nitrogens with zero attached hydrogens (tertiary/aromatic N) is 1. The maximum Gasteiger partial charge on any atom is 0.430 e. The monoisotopic (exact) mass is 779 g/mol. The number of carboxylic acids is 2. The molecule has 0 radical (unpaired) electrons. The summed E-state index contributed by atoms with van der Waals surface area (Å²) in [5, 5.41) is 28.6. The molecule has 0 aliphatic rings. The number of H-pyrrole nitrogens is 3. The van der Waals surface area contributed by atoms with Crippen LogP contribution < -0.4 is 35.7 Å². The van der Waals surface area contributed by atoms with Crippen molar-refractivity contribution >= 4 is 45.7 Å². The van der Waals surface area contributed by atoms with E-state index >= 15 is 0 Å². The van der Waals surface area contributed by atoms with E-state index < -0.39 is 24.3 Å². The highest BCUT2D eigenvalue weighted by Gasteiger charge is 2.29. The Balaban J connectivity index is 0.000000494. The standard InChI is InChI=1S/C32H37N7O2.2C2HF3O2/c1-3-29-36-25-12-6-7-14-28(25)39(29)19-17-30(40)37-26(13-8-9-18-34-32(41)33-2)31-35-21-27(38-31)24-16-15-22-10-4-5-11-23(22)20-24;2*3-2(4,5)1(6)7/h4-7,10-12,14-16,20-21,26H,3,8-9,13,17-19H2,1-2H3,(H4,33,34,35,37,38,40,41);2*(H,6,7)/t26-;;/m0../s1. The van der Waals surface area contributed by atoms with Crippen LogP contribution in [0.2, 0.25) is 0 Å². The van der Waals surface area contributed by atoms with Gasteiger partial charge in [-0.15, -0.1) is 0 Å². The van der Waals surface area contributed by atoms with Crippen LogP contribution in [0.4, 0.5) is 31.1 Å². The predicted octanol–water partition coefficient (Wildman–Crippen LogP) is 2.92. The summed E-state index contributed by atoms with van der Waals surface area (Å²) >= 11 is 0. The molecule has 3 amide bonds. The number of rotatable bonds is 12. The molecule has 0 saturated carbocycles. The van der Waals surface area contributed by atoms with E-state index in [1.165, 1.54) is 10.8 Å². The van der Waals surface area contributed by atoms with Gasteiger partial charge in [0.15, 0.2) is 16.7 Å². The van der Waals surface area contributed by atoms with E-state index in [0.717, 1.165) is 59.6 Å². The average Bonchev–Trinajstić information content (AvgIpc) is 3.78. The van der Waals surface area contributed by atoms with Crippen LogP contribution in [0.1, 0.15) is 50.3 Å². The minimum atomic E-state index is -5.19. The molecule has 0 aliphatic carbocycles. The molecule has 6 N–H and O–H groups in total. The number of amides is 3. The van der Waals surface area contributed by atoms with Crippen LogP contribution in [0.3, 0.4) is 0 Å². The van der Waals surface area contributed by atoms with E-state index in [1.807, 2.05) is 30.5 Å². The van der Waals surface area contributed by atoms with Gasteiger partial charge in [0.05, 0.1) is 13.0 Å². The molecule has 55 heavy (non-hydrogen) atoms. The number of para-hydroxylation sites is 2. The number of hydrogen-bond donors (Lipinski definition) is 5. The molecule has 13 nitrogen and oxygen atoms in total. The third-order valence-electron chi connectivity index (χ3n) is 7.98. The number of aromatic amines is 3. The van der Waals surface area contributed by atoms with Crippen LogP contribution in [0, 0.1) is 0 Å². The minimum absolute atomic E-state index is 0.00595. The minimum Gasteiger partial charge on any atom is -0.542 e. The molecule has 0 fully saturated rings. The van der Waals surface area contributed by atoms with Crippen molar-refractivity contribution in [1.29, 1.82) is 0 Å². The molecule has 0 bridgehead atoms. The molecule has 5 rings (SSSR count). The van der Waals surface area contributed by atoms with Crippen molar-refractivity contribution in [3.63, 3.8) is 0 Å². The molecule has 3 aromatic carbocycles. The summed E-state index contributed by atoms with van der Waals surface area (Å²) in [6.45, 7) is 3.29. The Morgan fingerprint density at radius 3 is 2.09 bits per heavy atom. The molecule has 0 spiro atoms. The molecule has 2 aromatic heterocycles. The summed E-state index contributed by atoms with van der Waals surface area (Å²) in [7, 11) is 1.60. The number of carbonyl (C=O) groups is 4. The maximum atomic E-state index is 13.3. The highest BCUT2D eigenvalue weighted by atomic mass is 19.4. The van der Waals surface area contributed by atoms with E-state index in [1.54, 1.807) is 7.05 Å². The van der Waals surface area contributed by atoms with Crippen molar-refractivity contribution in [2.75, 3.05) is 13.6 Å². The average molecular weight is 780 g/mol. The van der Waals surface area contributed by atoms with E-state index in [0.29, 0.717) is 19.5 Å². The molecular formula is C36H39F6N7O6. The van der Waals surface area contributed by atoms with E-state index in [9.17, 15) is 35.9 Å². The quantitative estimate of drug-likeness (QED) is 0.0733. The number of aromatic nitrogens is 4. The van der Waals surface area contributed by atoms with Crippen LogP contribution in [-0.2, 0) is 27.3 Å². The zero-order chi connectivity index (χ0) is 40.8. The summed E-state index contributed by atoms with van der Waals surface area (Å²) in [5.74, 6) is -4.06. The Bertz CT molecular complexity index is 2040. The van der Waals surface area contributed by atoms with Crippen LogP contribution in [0.5, 0.6) is 0 Å². The third kappa shape index (κ3) is 13.3. The summed E-state index contributed by atoms with van der Waals surface area (Å²) in [4.78, 5) is 52.7. The Morgan fingerprint density at radius 1 is 0.855 bits per heavy atom. The van der Waals surface area contributed by atoms with E-state index in [-0.39, 0.29) is 18.0 Å². The number of benzene rings is 3. The molecule has 0 unspecified atom stereocenters. The van der Waals surface area contributed by atoms with Crippen LogP contribution in [0.25, 0.3) is 33.1 Å². The van der Waals surface area contributed by atoms with Crippen molar-refractivity contribution in [1.82, 2.24) is 25.9 Å². The Hall–Kier alpha value is -6.14. The fourth-order valence-corrected chi connectivity index (χ4v) is 5.32. The number of carboxylic acid groups (broad SMARTS) is 2. The summed E-state index contributed by atoms with van der Waals surface area (Å²) < 4.78 is 65.3. The lowest BCUT2D eigenvalue weighted by Crippen LogP contribution is -2.40. The summed E-state index contributed by atoms with van der Waals surface area (Å²) in [6, 6.07) is 22.5. The Morgan fingerprint density at radius 2 is 1.47 bits per heavy atom. The Kier molecular flexibility index (Phi) is 15.6. The molecule has 0 aliphatic heterocycles. The SMILES string of the molecule is CCc1[nH]c2ccccc2[n+]1CCC(=O)N[C@@H](CCCCNC(=O)NC)c1[nH]c(-c2ccc3ccccc3c2)c[nH+]1.O=C([O-])C(F)(F)F.O=C([O-])C(F)(F)F. The number of nitrogens with one attached hydrogen (secondary N) is 6. The summed E-state index contributed by atoms with van der Waals surface area (Å²) in [6.07, 6.45) is -4.82. The van der Waals surface area contributed by atoms with Gasteiger partial charge < -0.3 is 35.8 Å². The van der Waals surface area contributed by atoms with E-state index in [2.05, 4.69) is 84.9 Å². The van der Waals surface area contributed by atoms with Gasteiger partial charge in [0.25, 0.3) is 11.6 Å². The summed E-state index contributed by atoms with van der Waals surface area (Å²) in [5.41, 5.74) is 4.23. The second kappa shape index (κ2) is 19.8. The van der Waals surface area contributed by atoms with Crippen molar-refractivity contribution in [2.24, 2.45) is 0 Å². The van der Waals surface area contributed by atoms with Gasteiger partial charge in [-0.1, -0.05) is 49.4 Å². The van der Waals surface area contributed by atoms with Crippen LogP contribution >= 0.6 is 0 Å². The number of urea groups is 1. The molecule has 5 aromatic rings. The number of aliphatic carboxylic acids is 2. The third-order valence-corrected chi connectivity index (χ3v) is 7.98. The predicted molar refractivity (Wildman–Crippen MR) is 182 cm³/mol. The number of alkyl halides is 6. The van der Waals surface area contributed by atoms with Crippen LogP contribution in [-0.4, -0.2) is 59.8 Å². The van der Waals surface area contributed by atoms with Gasteiger partial charge >= 0.3 is 18.4 Å². The highest BCUT2D eigenvalue weighted by molar-refractivity contribution is 5.86. The molecule has 0 saturated heterocycles. The number of halogens is 6. The first kappa shape index (κ1) is 43.3. The lowest BCUT2D eigenvalue weighted by molar-refractivity contribution is -0.677. The van der Waals surface area contributed by atoms with Gasteiger partial charge in [0.2, 0.25) is 5.91 Å². The second-order valence-corrected chi connectivity index (χ2v) is 11.8. The lowest BCUT2D eigenvalue weighted by Gasteiger charge is -2.14. The van der Waals surface area contributed by atoms with Crippen molar-refractivity contribution in [2.45, 2.75) is 64.0 Å². The molecular weight excluding hydrogens is 740 g/mol. The largest absolute Gasteiger partial charge is 0.542 e. The van der Waals surface area contributed by atoms with Gasteiger partial charge in [-0.3, -0.25) is 4.79 Å². The van der Waals surface area contributed by atoms with Gasteiger partial charge in [-0.05, 0) is 54.3 Å². The van der Waals surface area contributed by atoms with Gasteiger partial charge in [0, 0.05) is 25.6 Å². The van der Waals surface area contributed by atoms with E-state index in [4.69, 9.17) is 19.8 Å². The number of unbranched alkanes of at least 4 members (excludes halogenated alkanes) is 1. The Labute approximate surface area is 310 Å². The highest BCUT2D eigenvalue weighted by Crippen LogP contribution is 2.24. The fraction of sp³-hybridized carbons (Fsp3) is 0.333.